The number of rotatable bonds is 4. The first-order valence-electron chi connectivity index (χ1n) is 5.69. The van der Waals surface area contributed by atoms with Crippen molar-refractivity contribution in [1.29, 1.82) is 0 Å². The van der Waals surface area contributed by atoms with E-state index in [-0.39, 0.29) is 12.0 Å². The molecule has 16 heavy (non-hydrogen) atoms. The van der Waals surface area contributed by atoms with Crippen LogP contribution in [0.5, 0.6) is 5.75 Å². The second kappa shape index (κ2) is 5.15. The van der Waals surface area contributed by atoms with Crippen molar-refractivity contribution < 1.29 is 9.53 Å². The largest absolute Gasteiger partial charge is 0.486 e. The van der Waals surface area contributed by atoms with Crippen LogP contribution >= 0.6 is 0 Å². The summed E-state index contributed by atoms with van der Waals surface area (Å²) in [6, 6.07) is 6.18. The van der Waals surface area contributed by atoms with Gasteiger partial charge >= 0.3 is 0 Å². The van der Waals surface area contributed by atoms with E-state index in [1.54, 1.807) is 0 Å². The van der Waals surface area contributed by atoms with Crippen LogP contribution < -0.4 is 4.74 Å². The highest BCUT2D eigenvalue weighted by atomic mass is 16.5. The van der Waals surface area contributed by atoms with Gasteiger partial charge in [-0.2, -0.15) is 0 Å². The van der Waals surface area contributed by atoms with Gasteiger partial charge in [-0.3, -0.25) is 4.79 Å². The highest BCUT2D eigenvalue weighted by Gasteiger charge is 2.19. The quantitative estimate of drug-likeness (QED) is 0.729. The van der Waals surface area contributed by atoms with Gasteiger partial charge in [0.05, 0.1) is 0 Å². The molecule has 0 saturated heterocycles. The fraction of sp³-hybridized carbons (Fsp3) is 0.500. The number of aryl methyl sites for hydroxylation is 1. The molecule has 0 bridgehead atoms. The second-order valence-electron chi connectivity index (χ2n) is 4.91. The van der Waals surface area contributed by atoms with Crippen molar-refractivity contribution in [3.63, 3.8) is 0 Å². The molecule has 0 spiro atoms. The lowest BCUT2D eigenvalue weighted by molar-refractivity contribution is -0.109. The topological polar surface area (TPSA) is 26.3 Å². The first-order valence-corrected chi connectivity index (χ1v) is 5.69. The molecule has 0 radical (unpaired) electrons. The smallest absolute Gasteiger partial charge is 0.157 e. The monoisotopic (exact) mass is 220 g/mol. The van der Waals surface area contributed by atoms with Gasteiger partial charge in [-0.25, -0.2) is 0 Å². The fourth-order valence-corrected chi connectivity index (χ4v) is 1.63. The molecule has 0 N–H and O–H groups in total. The first-order chi connectivity index (χ1) is 7.49. The van der Waals surface area contributed by atoms with Gasteiger partial charge in [-0.1, -0.05) is 39.8 Å². The van der Waals surface area contributed by atoms with Crippen LogP contribution in [-0.4, -0.2) is 12.9 Å². The SMILES string of the molecule is CCc1ccc(OCC=O)c(C(C)(C)C)c1. The second-order valence-corrected chi connectivity index (χ2v) is 4.91. The maximum absolute atomic E-state index is 10.3. The Hall–Kier alpha value is -1.31. The van der Waals surface area contributed by atoms with Gasteiger partial charge in [0.25, 0.3) is 0 Å². The number of carbonyl (C=O) groups is 1. The standard InChI is InChI=1S/C14H20O2/c1-5-11-6-7-13(16-9-8-15)12(10-11)14(2,3)4/h6-8,10H,5,9H2,1-4H3. The number of benzene rings is 1. The molecular weight excluding hydrogens is 200 g/mol. The molecule has 0 aliphatic carbocycles. The molecule has 0 amide bonds. The van der Waals surface area contributed by atoms with E-state index in [4.69, 9.17) is 4.74 Å². The Morgan fingerprint density at radius 2 is 2.00 bits per heavy atom. The zero-order valence-electron chi connectivity index (χ0n) is 10.5. The molecular formula is C14H20O2. The van der Waals surface area contributed by atoms with Crippen LogP contribution in [0.15, 0.2) is 18.2 Å². The van der Waals surface area contributed by atoms with Crippen LogP contribution in [-0.2, 0) is 16.6 Å². The predicted octanol–water partition coefficient (Wildman–Crippen LogP) is 3.12. The van der Waals surface area contributed by atoms with E-state index in [9.17, 15) is 4.79 Å². The van der Waals surface area contributed by atoms with Crippen molar-refractivity contribution in [2.45, 2.75) is 39.5 Å². The van der Waals surface area contributed by atoms with E-state index in [1.165, 1.54) is 5.56 Å². The summed E-state index contributed by atoms with van der Waals surface area (Å²) < 4.78 is 5.44. The molecule has 1 aromatic carbocycles. The minimum absolute atomic E-state index is 0.0311. The van der Waals surface area contributed by atoms with Crippen LogP contribution in [0.1, 0.15) is 38.8 Å². The van der Waals surface area contributed by atoms with Gasteiger partial charge in [0.1, 0.15) is 12.4 Å². The van der Waals surface area contributed by atoms with Crippen molar-refractivity contribution in [3.05, 3.63) is 29.3 Å². The van der Waals surface area contributed by atoms with Crippen molar-refractivity contribution in [3.8, 4) is 5.75 Å². The molecule has 0 unspecified atom stereocenters. The Kier molecular flexibility index (Phi) is 4.11. The summed E-state index contributed by atoms with van der Waals surface area (Å²) in [5.74, 6) is 0.816. The van der Waals surface area contributed by atoms with Gasteiger partial charge in [0.15, 0.2) is 6.29 Å². The van der Waals surface area contributed by atoms with Gasteiger partial charge in [0.2, 0.25) is 0 Å². The molecule has 2 nitrogen and oxygen atoms in total. The van der Waals surface area contributed by atoms with Crippen molar-refractivity contribution >= 4 is 6.29 Å². The summed E-state index contributed by atoms with van der Waals surface area (Å²) in [5, 5.41) is 0. The van der Waals surface area contributed by atoms with E-state index in [1.807, 2.05) is 6.07 Å². The molecule has 0 aliphatic rings. The summed E-state index contributed by atoms with van der Waals surface area (Å²) in [6.45, 7) is 8.70. The molecule has 0 saturated carbocycles. The van der Waals surface area contributed by atoms with Gasteiger partial charge in [-0.15, -0.1) is 0 Å². The van der Waals surface area contributed by atoms with Crippen molar-refractivity contribution in [1.82, 2.24) is 0 Å². The molecule has 88 valence electrons. The lowest BCUT2D eigenvalue weighted by Gasteiger charge is -2.23. The van der Waals surface area contributed by atoms with Gasteiger partial charge in [-0.05, 0) is 29.0 Å². The van der Waals surface area contributed by atoms with Crippen LogP contribution in [0.25, 0.3) is 0 Å². The number of hydrogen-bond acceptors (Lipinski definition) is 2. The average molecular weight is 220 g/mol. The van der Waals surface area contributed by atoms with Crippen molar-refractivity contribution in [2.75, 3.05) is 6.61 Å². The zero-order chi connectivity index (χ0) is 12.2. The van der Waals surface area contributed by atoms with Gasteiger partial charge in [0, 0.05) is 0 Å². The van der Waals surface area contributed by atoms with Crippen LogP contribution in [0.3, 0.4) is 0 Å². The maximum Gasteiger partial charge on any atom is 0.157 e. The minimum Gasteiger partial charge on any atom is -0.486 e. The van der Waals surface area contributed by atoms with E-state index < -0.39 is 0 Å². The van der Waals surface area contributed by atoms with Crippen LogP contribution in [0, 0.1) is 0 Å². The molecule has 1 rings (SSSR count). The Labute approximate surface area is 97.6 Å². The molecule has 2 heteroatoms. The van der Waals surface area contributed by atoms with E-state index in [0.29, 0.717) is 0 Å². The molecule has 0 heterocycles. The van der Waals surface area contributed by atoms with E-state index in [2.05, 4.69) is 39.8 Å². The maximum atomic E-state index is 10.3. The molecule has 0 aromatic heterocycles. The van der Waals surface area contributed by atoms with E-state index in [0.717, 1.165) is 24.0 Å². The summed E-state index contributed by atoms with van der Waals surface area (Å²) in [5.41, 5.74) is 2.49. The normalized spacial score (nSPS) is 11.2. The van der Waals surface area contributed by atoms with Crippen LogP contribution in [0.2, 0.25) is 0 Å². The third-order valence-corrected chi connectivity index (χ3v) is 2.57. The number of carbonyl (C=O) groups excluding carboxylic acids is 1. The summed E-state index contributed by atoms with van der Waals surface area (Å²) in [4.78, 5) is 10.3. The minimum atomic E-state index is 0.0311. The Morgan fingerprint density at radius 1 is 1.31 bits per heavy atom. The molecule has 0 aliphatic heterocycles. The third-order valence-electron chi connectivity index (χ3n) is 2.57. The Bertz CT molecular complexity index is 361. The highest BCUT2D eigenvalue weighted by molar-refractivity contribution is 5.52. The highest BCUT2D eigenvalue weighted by Crippen LogP contribution is 2.32. The third kappa shape index (κ3) is 3.09. The first kappa shape index (κ1) is 12.8. The molecule has 1 aromatic rings. The number of ether oxygens (including phenoxy) is 1. The van der Waals surface area contributed by atoms with E-state index >= 15 is 0 Å². The number of hydrogen-bond donors (Lipinski definition) is 0. The molecule has 0 fully saturated rings. The van der Waals surface area contributed by atoms with Crippen molar-refractivity contribution in [2.24, 2.45) is 0 Å². The zero-order valence-corrected chi connectivity index (χ0v) is 10.5. The Balaban J connectivity index is 3.11. The lowest BCUT2D eigenvalue weighted by atomic mass is 9.85. The van der Waals surface area contributed by atoms with Crippen LogP contribution in [0.4, 0.5) is 0 Å². The predicted molar refractivity (Wildman–Crippen MR) is 66.1 cm³/mol. The molecule has 0 atom stereocenters. The number of aldehydes is 1. The summed E-state index contributed by atoms with van der Waals surface area (Å²) in [7, 11) is 0. The average Bonchev–Trinajstić information content (AvgIpc) is 2.25. The summed E-state index contributed by atoms with van der Waals surface area (Å²) in [6.07, 6.45) is 1.79. The summed E-state index contributed by atoms with van der Waals surface area (Å²) >= 11 is 0. The van der Waals surface area contributed by atoms with Gasteiger partial charge < -0.3 is 4.74 Å². The fourth-order valence-electron chi connectivity index (χ4n) is 1.63. The Morgan fingerprint density at radius 3 is 2.50 bits per heavy atom. The lowest BCUT2D eigenvalue weighted by Crippen LogP contribution is -2.14.